The van der Waals surface area contributed by atoms with Crippen LogP contribution in [0, 0.1) is 12.8 Å². The number of anilines is 1. The van der Waals surface area contributed by atoms with Crippen molar-refractivity contribution >= 4 is 23.5 Å². The number of rotatable bonds is 5. The number of aryl methyl sites for hydroxylation is 1. The fourth-order valence-electron chi connectivity index (χ4n) is 3.24. The van der Waals surface area contributed by atoms with Gasteiger partial charge in [0.2, 0.25) is 0 Å². The van der Waals surface area contributed by atoms with E-state index >= 15 is 0 Å². The third kappa shape index (κ3) is 5.04. The van der Waals surface area contributed by atoms with Crippen molar-refractivity contribution in [2.24, 2.45) is 5.92 Å². The predicted octanol–water partition coefficient (Wildman–Crippen LogP) is 3.64. The van der Waals surface area contributed by atoms with Crippen LogP contribution in [0.15, 0.2) is 41.0 Å². The third-order valence-corrected chi connectivity index (χ3v) is 5.19. The molecule has 154 valence electrons. The highest BCUT2D eigenvalue weighted by Crippen LogP contribution is 2.20. The van der Waals surface area contributed by atoms with Crippen molar-refractivity contribution in [1.82, 2.24) is 4.90 Å². The first kappa shape index (κ1) is 20.6. The SMILES string of the molecule is Cc1ccc(C(=O)O[C@H](C)C(=O)N2CCC(C)CC2)cc1NC(=O)c1ccco1. The minimum absolute atomic E-state index is 0.174. The molecular weight excluding hydrogens is 372 g/mol. The number of amides is 2. The van der Waals surface area contributed by atoms with Crippen LogP contribution in [-0.2, 0) is 9.53 Å². The van der Waals surface area contributed by atoms with E-state index < -0.39 is 18.0 Å². The highest BCUT2D eigenvalue weighted by Gasteiger charge is 2.27. The van der Waals surface area contributed by atoms with Gasteiger partial charge in [-0.2, -0.15) is 0 Å². The van der Waals surface area contributed by atoms with E-state index in [0.29, 0.717) is 24.7 Å². The molecule has 1 aliphatic rings. The monoisotopic (exact) mass is 398 g/mol. The van der Waals surface area contributed by atoms with Crippen molar-refractivity contribution in [3.8, 4) is 0 Å². The standard InChI is InChI=1S/C22H26N2O5/c1-14-8-10-24(11-9-14)21(26)16(3)29-22(27)17-7-6-15(2)18(13-17)23-20(25)19-5-4-12-28-19/h4-7,12-14,16H,8-11H2,1-3H3,(H,23,25)/t16-/m1/s1. The summed E-state index contributed by atoms with van der Waals surface area (Å²) >= 11 is 0. The molecule has 1 fully saturated rings. The van der Waals surface area contributed by atoms with E-state index in [2.05, 4.69) is 12.2 Å². The van der Waals surface area contributed by atoms with Gasteiger partial charge in [-0.1, -0.05) is 13.0 Å². The lowest BCUT2D eigenvalue weighted by atomic mass is 9.99. The van der Waals surface area contributed by atoms with Gasteiger partial charge in [-0.15, -0.1) is 0 Å². The van der Waals surface area contributed by atoms with E-state index in [4.69, 9.17) is 9.15 Å². The van der Waals surface area contributed by atoms with Gasteiger partial charge in [0.15, 0.2) is 11.9 Å². The Bertz CT molecular complexity index is 883. The molecule has 29 heavy (non-hydrogen) atoms. The number of furan rings is 1. The Morgan fingerprint density at radius 1 is 1.21 bits per heavy atom. The minimum Gasteiger partial charge on any atom is -0.459 e. The Morgan fingerprint density at radius 3 is 2.59 bits per heavy atom. The van der Waals surface area contributed by atoms with E-state index in [1.54, 1.807) is 36.1 Å². The Balaban J connectivity index is 1.64. The van der Waals surface area contributed by atoms with Crippen LogP contribution in [0.4, 0.5) is 5.69 Å². The lowest BCUT2D eigenvalue weighted by molar-refractivity contribution is -0.141. The molecule has 1 N–H and O–H groups in total. The molecular formula is C22H26N2O5. The van der Waals surface area contributed by atoms with Gasteiger partial charge in [0.1, 0.15) is 0 Å². The van der Waals surface area contributed by atoms with Crippen LogP contribution in [0.5, 0.6) is 0 Å². The molecule has 1 aliphatic heterocycles. The molecule has 3 rings (SSSR count). The second kappa shape index (κ2) is 8.94. The van der Waals surface area contributed by atoms with Crippen LogP contribution in [0.25, 0.3) is 0 Å². The first-order valence-electron chi connectivity index (χ1n) is 9.80. The second-order valence-corrected chi connectivity index (χ2v) is 7.52. The van der Waals surface area contributed by atoms with Crippen LogP contribution in [0.2, 0.25) is 0 Å². The number of carbonyl (C=O) groups is 3. The third-order valence-electron chi connectivity index (χ3n) is 5.19. The fourth-order valence-corrected chi connectivity index (χ4v) is 3.24. The van der Waals surface area contributed by atoms with Gasteiger partial charge < -0.3 is 19.4 Å². The molecule has 0 saturated carbocycles. The number of hydrogen-bond donors (Lipinski definition) is 1. The van der Waals surface area contributed by atoms with Crippen molar-refractivity contribution in [1.29, 1.82) is 0 Å². The molecule has 2 amide bonds. The molecule has 1 aromatic heterocycles. The van der Waals surface area contributed by atoms with Crippen LogP contribution in [0.1, 0.15) is 53.2 Å². The molecule has 2 aromatic rings. The number of esters is 1. The van der Waals surface area contributed by atoms with E-state index in [0.717, 1.165) is 18.4 Å². The molecule has 7 heteroatoms. The second-order valence-electron chi connectivity index (χ2n) is 7.52. The maximum absolute atomic E-state index is 12.6. The zero-order valence-corrected chi connectivity index (χ0v) is 16.9. The molecule has 0 spiro atoms. The smallest absolute Gasteiger partial charge is 0.338 e. The number of carbonyl (C=O) groups excluding carboxylic acids is 3. The minimum atomic E-state index is -0.863. The van der Waals surface area contributed by atoms with Crippen LogP contribution in [0.3, 0.4) is 0 Å². The summed E-state index contributed by atoms with van der Waals surface area (Å²) in [4.78, 5) is 39.1. The average molecular weight is 398 g/mol. The molecule has 1 atom stereocenters. The van der Waals surface area contributed by atoms with Gasteiger partial charge >= 0.3 is 5.97 Å². The van der Waals surface area contributed by atoms with Crippen molar-refractivity contribution in [3.05, 3.63) is 53.5 Å². The molecule has 2 heterocycles. The first-order chi connectivity index (χ1) is 13.8. The normalized spacial score (nSPS) is 15.6. The van der Waals surface area contributed by atoms with Gasteiger partial charge in [-0.25, -0.2) is 4.79 Å². The Hall–Kier alpha value is -3.09. The number of ether oxygens (including phenoxy) is 1. The topological polar surface area (TPSA) is 88.9 Å². The van der Waals surface area contributed by atoms with Crippen molar-refractivity contribution in [2.75, 3.05) is 18.4 Å². The molecule has 0 radical (unpaired) electrons. The molecule has 1 saturated heterocycles. The number of benzene rings is 1. The van der Waals surface area contributed by atoms with E-state index in [1.807, 2.05) is 6.92 Å². The summed E-state index contributed by atoms with van der Waals surface area (Å²) in [6.07, 6.45) is 2.47. The highest BCUT2D eigenvalue weighted by molar-refractivity contribution is 6.03. The summed E-state index contributed by atoms with van der Waals surface area (Å²) < 4.78 is 10.5. The molecule has 0 aliphatic carbocycles. The number of nitrogens with one attached hydrogen (secondary N) is 1. The van der Waals surface area contributed by atoms with E-state index in [1.165, 1.54) is 12.3 Å². The highest BCUT2D eigenvalue weighted by atomic mass is 16.5. The Kier molecular flexibility index (Phi) is 6.36. The molecule has 0 unspecified atom stereocenters. The van der Waals surface area contributed by atoms with Crippen LogP contribution >= 0.6 is 0 Å². The van der Waals surface area contributed by atoms with Gasteiger partial charge in [0, 0.05) is 18.8 Å². The summed E-state index contributed by atoms with van der Waals surface area (Å²) in [5, 5.41) is 2.72. The quantitative estimate of drug-likeness (QED) is 0.777. The Labute approximate surface area is 170 Å². The summed E-state index contributed by atoms with van der Waals surface area (Å²) in [5.74, 6) is -0.411. The fraction of sp³-hybridized carbons (Fsp3) is 0.409. The number of likely N-dealkylation sites (tertiary alicyclic amines) is 1. The molecule has 7 nitrogen and oxygen atoms in total. The van der Waals surface area contributed by atoms with Gasteiger partial charge in [-0.3, -0.25) is 9.59 Å². The first-order valence-corrected chi connectivity index (χ1v) is 9.80. The van der Waals surface area contributed by atoms with Gasteiger partial charge in [0.25, 0.3) is 11.8 Å². The zero-order chi connectivity index (χ0) is 21.0. The summed E-state index contributed by atoms with van der Waals surface area (Å²) in [5.41, 5.74) is 1.52. The summed E-state index contributed by atoms with van der Waals surface area (Å²) in [6.45, 7) is 6.96. The van der Waals surface area contributed by atoms with Crippen molar-refractivity contribution in [2.45, 2.75) is 39.7 Å². The lowest BCUT2D eigenvalue weighted by Crippen LogP contribution is -2.44. The summed E-state index contributed by atoms with van der Waals surface area (Å²) in [7, 11) is 0. The van der Waals surface area contributed by atoms with Crippen molar-refractivity contribution in [3.63, 3.8) is 0 Å². The number of nitrogens with zero attached hydrogens (tertiary/aromatic N) is 1. The van der Waals surface area contributed by atoms with E-state index in [-0.39, 0.29) is 17.2 Å². The van der Waals surface area contributed by atoms with Gasteiger partial charge in [-0.05, 0) is 62.4 Å². The average Bonchev–Trinajstić information content (AvgIpc) is 3.24. The number of piperidine rings is 1. The van der Waals surface area contributed by atoms with Gasteiger partial charge in [0.05, 0.1) is 11.8 Å². The van der Waals surface area contributed by atoms with Crippen molar-refractivity contribution < 1.29 is 23.5 Å². The molecule has 1 aromatic carbocycles. The summed E-state index contributed by atoms with van der Waals surface area (Å²) in [6, 6.07) is 8.04. The lowest BCUT2D eigenvalue weighted by Gasteiger charge is -2.31. The van der Waals surface area contributed by atoms with Crippen LogP contribution < -0.4 is 5.32 Å². The zero-order valence-electron chi connectivity index (χ0n) is 16.9. The maximum atomic E-state index is 12.6. The largest absolute Gasteiger partial charge is 0.459 e. The number of hydrogen-bond acceptors (Lipinski definition) is 5. The Morgan fingerprint density at radius 2 is 1.93 bits per heavy atom. The van der Waals surface area contributed by atoms with Crippen LogP contribution in [-0.4, -0.2) is 41.9 Å². The predicted molar refractivity (Wildman–Crippen MR) is 108 cm³/mol. The van der Waals surface area contributed by atoms with E-state index in [9.17, 15) is 14.4 Å². The maximum Gasteiger partial charge on any atom is 0.338 e. The molecule has 0 bridgehead atoms.